The van der Waals surface area contributed by atoms with Crippen LogP contribution in [0.3, 0.4) is 0 Å². The molecule has 76 valence electrons. The van der Waals surface area contributed by atoms with Crippen molar-refractivity contribution in [3.8, 4) is 0 Å². The van der Waals surface area contributed by atoms with Crippen molar-refractivity contribution in [2.24, 2.45) is 11.7 Å². The molecule has 1 saturated heterocycles. The fraction of sp³-hybridized carbons (Fsp3) is 0.545. The smallest absolute Gasteiger partial charge is 0.0553 e. The highest BCUT2D eigenvalue weighted by atomic mass is 15.2. The summed E-state index contributed by atoms with van der Waals surface area (Å²) >= 11 is 0. The highest BCUT2D eigenvalue weighted by molar-refractivity contribution is 5.45. The molecule has 1 aliphatic heterocycles. The van der Waals surface area contributed by atoms with Crippen molar-refractivity contribution in [2.75, 3.05) is 24.5 Å². The SMILES string of the molecule is Cc1ccc(N2CCC(CN)C2)cn1. The van der Waals surface area contributed by atoms with Crippen LogP contribution in [0.25, 0.3) is 0 Å². The normalized spacial score (nSPS) is 21.6. The van der Waals surface area contributed by atoms with E-state index < -0.39 is 0 Å². The van der Waals surface area contributed by atoms with E-state index in [2.05, 4.69) is 22.0 Å². The number of nitrogens with zero attached hydrogens (tertiary/aromatic N) is 2. The Balaban J connectivity index is 2.06. The molecule has 3 nitrogen and oxygen atoms in total. The van der Waals surface area contributed by atoms with Crippen molar-refractivity contribution in [1.29, 1.82) is 0 Å². The van der Waals surface area contributed by atoms with Gasteiger partial charge in [0.2, 0.25) is 0 Å². The van der Waals surface area contributed by atoms with Gasteiger partial charge in [0.1, 0.15) is 0 Å². The zero-order valence-corrected chi connectivity index (χ0v) is 8.61. The van der Waals surface area contributed by atoms with Gasteiger partial charge in [-0.15, -0.1) is 0 Å². The van der Waals surface area contributed by atoms with Gasteiger partial charge in [-0.2, -0.15) is 0 Å². The van der Waals surface area contributed by atoms with Crippen molar-refractivity contribution in [1.82, 2.24) is 4.98 Å². The summed E-state index contributed by atoms with van der Waals surface area (Å²) in [5, 5.41) is 0. The Bertz CT molecular complexity index is 294. The number of anilines is 1. The molecule has 0 saturated carbocycles. The molecule has 0 amide bonds. The van der Waals surface area contributed by atoms with Gasteiger partial charge in [0.25, 0.3) is 0 Å². The standard InChI is InChI=1S/C11H17N3/c1-9-2-3-11(7-13-9)14-5-4-10(6-12)8-14/h2-3,7,10H,4-6,8,12H2,1H3. The molecule has 2 rings (SSSR count). The monoisotopic (exact) mass is 191 g/mol. The van der Waals surface area contributed by atoms with Crippen molar-refractivity contribution in [2.45, 2.75) is 13.3 Å². The molecule has 1 aliphatic rings. The average molecular weight is 191 g/mol. The maximum atomic E-state index is 5.66. The lowest BCUT2D eigenvalue weighted by Crippen LogP contribution is -2.22. The topological polar surface area (TPSA) is 42.1 Å². The van der Waals surface area contributed by atoms with Crippen LogP contribution in [0, 0.1) is 12.8 Å². The number of rotatable bonds is 2. The third-order valence-electron chi connectivity index (χ3n) is 2.88. The van der Waals surface area contributed by atoms with Gasteiger partial charge < -0.3 is 10.6 Å². The van der Waals surface area contributed by atoms with Crippen LogP contribution in [-0.4, -0.2) is 24.6 Å². The molecule has 0 aromatic carbocycles. The fourth-order valence-corrected chi connectivity index (χ4v) is 1.91. The molecule has 2 heterocycles. The number of aromatic nitrogens is 1. The quantitative estimate of drug-likeness (QED) is 0.763. The van der Waals surface area contributed by atoms with Gasteiger partial charge in [0, 0.05) is 18.8 Å². The first kappa shape index (κ1) is 9.46. The summed E-state index contributed by atoms with van der Waals surface area (Å²) in [6.07, 6.45) is 3.17. The summed E-state index contributed by atoms with van der Waals surface area (Å²) in [7, 11) is 0. The Labute approximate surface area is 84.9 Å². The first-order valence-electron chi connectivity index (χ1n) is 5.17. The van der Waals surface area contributed by atoms with Gasteiger partial charge in [-0.1, -0.05) is 0 Å². The molecular formula is C11H17N3. The second-order valence-corrected chi connectivity index (χ2v) is 3.99. The molecule has 1 fully saturated rings. The number of nitrogens with two attached hydrogens (primary N) is 1. The minimum absolute atomic E-state index is 0.663. The lowest BCUT2D eigenvalue weighted by molar-refractivity contribution is 0.602. The Morgan fingerprint density at radius 2 is 2.43 bits per heavy atom. The molecular weight excluding hydrogens is 174 g/mol. The van der Waals surface area contributed by atoms with E-state index in [0.717, 1.165) is 25.3 Å². The number of hydrogen-bond acceptors (Lipinski definition) is 3. The molecule has 1 unspecified atom stereocenters. The molecule has 3 heteroatoms. The van der Waals surface area contributed by atoms with E-state index in [1.165, 1.54) is 12.1 Å². The van der Waals surface area contributed by atoms with E-state index in [1.807, 2.05) is 13.1 Å². The van der Waals surface area contributed by atoms with E-state index in [9.17, 15) is 0 Å². The summed E-state index contributed by atoms with van der Waals surface area (Å²) in [6.45, 7) is 5.01. The Morgan fingerprint density at radius 3 is 3.00 bits per heavy atom. The number of pyridine rings is 1. The summed E-state index contributed by atoms with van der Waals surface area (Å²) in [4.78, 5) is 6.67. The van der Waals surface area contributed by atoms with Crippen molar-refractivity contribution < 1.29 is 0 Å². The van der Waals surface area contributed by atoms with E-state index in [1.54, 1.807) is 0 Å². The van der Waals surface area contributed by atoms with E-state index in [0.29, 0.717) is 5.92 Å². The zero-order valence-electron chi connectivity index (χ0n) is 8.61. The lowest BCUT2D eigenvalue weighted by Gasteiger charge is -2.17. The van der Waals surface area contributed by atoms with Gasteiger partial charge in [0.05, 0.1) is 11.9 Å². The highest BCUT2D eigenvalue weighted by Crippen LogP contribution is 2.22. The lowest BCUT2D eigenvalue weighted by atomic mass is 10.1. The van der Waals surface area contributed by atoms with Gasteiger partial charge in [-0.05, 0) is 37.9 Å². The van der Waals surface area contributed by atoms with E-state index in [4.69, 9.17) is 5.73 Å². The van der Waals surface area contributed by atoms with E-state index >= 15 is 0 Å². The maximum Gasteiger partial charge on any atom is 0.0553 e. The first-order valence-corrected chi connectivity index (χ1v) is 5.17. The summed E-state index contributed by atoms with van der Waals surface area (Å²) in [5.41, 5.74) is 7.96. The van der Waals surface area contributed by atoms with Gasteiger partial charge in [0.15, 0.2) is 0 Å². The Hall–Kier alpha value is -1.09. The minimum Gasteiger partial charge on any atom is -0.370 e. The van der Waals surface area contributed by atoms with Gasteiger partial charge in [-0.25, -0.2) is 0 Å². The van der Waals surface area contributed by atoms with Gasteiger partial charge >= 0.3 is 0 Å². The molecule has 14 heavy (non-hydrogen) atoms. The molecule has 1 atom stereocenters. The zero-order chi connectivity index (χ0) is 9.97. The predicted molar refractivity (Wildman–Crippen MR) is 58.3 cm³/mol. The van der Waals surface area contributed by atoms with Crippen LogP contribution in [-0.2, 0) is 0 Å². The van der Waals surface area contributed by atoms with Crippen LogP contribution >= 0.6 is 0 Å². The van der Waals surface area contributed by atoms with Crippen LogP contribution in [0.15, 0.2) is 18.3 Å². The average Bonchev–Trinajstić information content (AvgIpc) is 2.67. The van der Waals surface area contributed by atoms with Crippen LogP contribution < -0.4 is 10.6 Å². The maximum absolute atomic E-state index is 5.66. The first-order chi connectivity index (χ1) is 6.79. The van der Waals surface area contributed by atoms with Crippen molar-refractivity contribution in [3.63, 3.8) is 0 Å². The number of aryl methyl sites for hydroxylation is 1. The second kappa shape index (κ2) is 3.96. The van der Waals surface area contributed by atoms with Crippen LogP contribution in [0.1, 0.15) is 12.1 Å². The van der Waals surface area contributed by atoms with Gasteiger partial charge in [-0.3, -0.25) is 4.98 Å². The van der Waals surface area contributed by atoms with Crippen LogP contribution in [0.5, 0.6) is 0 Å². The molecule has 0 aliphatic carbocycles. The second-order valence-electron chi connectivity index (χ2n) is 3.99. The third-order valence-corrected chi connectivity index (χ3v) is 2.88. The molecule has 0 spiro atoms. The Morgan fingerprint density at radius 1 is 1.57 bits per heavy atom. The van der Waals surface area contributed by atoms with Crippen molar-refractivity contribution >= 4 is 5.69 Å². The molecule has 2 N–H and O–H groups in total. The summed E-state index contributed by atoms with van der Waals surface area (Å²) in [5.74, 6) is 0.663. The molecule has 0 bridgehead atoms. The molecule has 1 aromatic heterocycles. The molecule has 0 radical (unpaired) electrons. The van der Waals surface area contributed by atoms with Crippen molar-refractivity contribution in [3.05, 3.63) is 24.0 Å². The minimum atomic E-state index is 0.663. The predicted octanol–water partition coefficient (Wildman–Crippen LogP) is 1.18. The summed E-state index contributed by atoms with van der Waals surface area (Å²) < 4.78 is 0. The van der Waals surface area contributed by atoms with Crippen LogP contribution in [0.4, 0.5) is 5.69 Å². The fourth-order valence-electron chi connectivity index (χ4n) is 1.91. The highest BCUT2D eigenvalue weighted by Gasteiger charge is 2.21. The molecule has 1 aromatic rings. The Kier molecular flexibility index (Phi) is 2.68. The van der Waals surface area contributed by atoms with Crippen LogP contribution in [0.2, 0.25) is 0 Å². The third kappa shape index (κ3) is 1.87. The van der Waals surface area contributed by atoms with E-state index in [-0.39, 0.29) is 0 Å². The largest absolute Gasteiger partial charge is 0.370 e. The summed E-state index contributed by atoms with van der Waals surface area (Å²) in [6, 6.07) is 4.20. The number of hydrogen-bond donors (Lipinski definition) is 1.